The van der Waals surface area contributed by atoms with E-state index in [-0.39, 0.29) is 0 Å². The Balaban J connectivity index is 2.13. The monoisotopic (exact) mass is 274 g/mol. The molecule has 1 saturated carbocycles. The van der Waals surface area contributed by atoms with Crippen molar-refractivity contribution in [3.63, 3.8) is 0 Å². The highest BCUT2D eigenvalue weighted by molar-refractivity contribution is 7.99. The summed E-state index contributed by atoms with van der Waals surface area (Å²) in [5, 5.41) is 13.3. The molecule has 1 N–H and O–H groups in total. The van der Waals surface area contributed by atoms with Crippen molar-refractivity contribution in [1.29, 1.82) is 5.26 Å². The molecule has 1 atom stereocenters. The first kappa shape index (κ1) is 14.4. The molecule has 19 heavy (non-hydrogen) atoms. The first-order valence-electron chi connectivity index (χ1n) is 6.98. The second-order valence-electron chi connectivity index (χ2n) is 5.71. The molecule has 0 bridgehead atoms. The lowest BCUT2D eigenvalue weighted by molar-refractivity contribution is 0.470. The summed E-state index contributed by atoms with van der Waals surface area (Å²) in [6.45, 7) is 4.44. The van der Waals surface area contributed by atoms with Crippen LogP contribution in [0.2, 0.25) is 0 Å². The molecule has 2 rings (SSSR count). The van der Waals surface area contributed by atoms with Crippen LogP contribution in [0.1, 0.15) is 32.3 Å². The molecule has 1 aromatic carbocycles. The Morgan fingerprint density at radius 1 is 1.37 bits per heavy atom. The van der Waals surface area contributed by atoms with Crippen molar-refractivity contribution in [2.45, 2.75) is 38.3 Å². The highest BCUT2D eigenvalue weighted by Gasteiger charge is 2.37. The molecule has 0 aliphatic heterocycles. The SMILES string of the molecule is CC(C)CSCC(C#N)(NC1CC1)c1ccccc1. The maximum atomic E-state index is 9.75. The predicted molar refractivity (Wildman–Crippen MR) is 82.1 cm³/mol. The van der Waals surface area contributed by atoms with E-state index in [0.717, 1.165) is 17.1 Å². The lowest BCUT2D eigenvalue weighted by Gasteiger charge is -2.28. The van der Waals surface area contributed by atoms with E-state index >= 15 is 0 Å². The van der Waals surface area contributed by atoms with Gasteiger partial charge in [-0.15, -0.1) is 0 Å². The van der Waals surface area contributed by atoms with E-state index in [1.54, 1.807) is 0 Å². The van der Waals surface area contributed by atoms with Crippen LogP contribution in [0.25, 0.3) is 0 Å². The molecule has 1 fully saturated rings. The fourth-order valence-electron chi connectivity index (χ4n) is 2.08. The van der Waals surface area contributed by atoms with Crippen molar-refractivity contribution in [3.05, 3.63) is 35.9 Å². The quantitative estimate of drug-likeness (QED) is 0.826. The van der Waals surface area contributed by atoms with Gasteiger partial charge in [0, 0.05) is 11.8 Å². The molecule has 0 spiro atoms. The van der Waals surface area contributed by atoms with E-state index in [2.05, 4.69) is 37.4 Å². The van der Waals surface area contributed by atoms with Gasteiger partial charge in [0.2, 0.25) is 0 Å². The van der Waals surface area contributed by atoms with Gasteiger partial charge in [-0.2, -0.15) is 17.0 Å². The minimum Gasteiger partial charge on any atom is -0.292 e. The Labute approximate surface area is 120 Å². The summed E-state index contributed by atoms with van der Waals surface area (Å²) < 4.78 is 0. The molecule has 1 aliphatic rings. The van der Waals surface area contributed by atoms with Gasteiger partial charge < -0.3 is 0 Å². The third kappa shape index (κ3) is 3.99. The first-order chi connectivity index (χ1) is 9.16. The van der Waals surface area contributed by atoms with Crippen molar-refractivity contribution in [1.82, 2.24) is 5.32 Å². The average Bonchev–Trinajstić information content (AvgIpc) is 3.22. The Morgan fingerprint density at radius 3 is 2.58 bits per heavy atom. The number of rotatable bonds is 7. The molecule has 2 nitrogen and oxygen atoms in total. The molecule has 0 amide bonds. The van der Waals surface area contributed by atoms with Gasteiger partial charge in [0.1, 0.15) is 5.54 Å². The second kappa shape index (κ2) is 6.45. The zero-order valence-electron chi connectivity index (χ0n) is 11.7. The number of benzene rings is 1. The number of hydrogen-bond donors (Lipinski definition) is 1. The summed E-state index contributed by atoms with van der Waals surface area (Å²) in [4.78, 5) is 0. The van der Waals surface area contributed by atoms with Crippen LogP contribution in [-0.4, -0.2) is 17.5 Å². The molecule has 1 unspecified atom stereocenters. The number of thioether (sulfide) groups is 1. The molecule has 1 aromatic rings. The smallest absolute Gasteiger partial charge is 0.141 e. The summed E-state index contributed by atoms with van der Waals surface area (Å²) in [5.74, 6) is 2.59. The van der Waals surface area contributed by atoms with Crippen LogP contribution in [0.3, 0.4) is 0 Å². The molecule has 0 radical (unpaired) electrons. The summed E-state index contributed by atoms with van der Waals surface area (Å²) in [5.41, 5.74) is 0.572. The lowest BCUT2D eigenvalue weighted by atomic mass is 9.93. The minimum atomic E-state index is -0.526. The fourth-order valence-corrected chi connectivity index (χ4v) is 3.29. The normalized spacial score (nSPS) is 18.0. The maximum Gasteiger partial charge on any atom is 0.141 e. The van der Waals surface area contributed by atoms with E-state index in [4.69, 9.17) is 0 Å². The molecule has 0 aromatic heterocycles. The fraction of sp³-hybridized carbons (Fsp3) is 0.562. The summed E-state index contributed by atoms with van der Waals surface area (Å²) in [6, 6.07) is 13.2. The lowest BCUT2D eigenvalue weighted by Crippen LogP contribution is -2.45. The van der Waals surface area contributed by atoms with E-state index in [9.17, 15) is 5.26 Å². The number of nitrogens with zero attached hydrogens (tertiary/aromatic N) is 1. The molecule has 1 aliphatic carbocycles. The van der Waals surface area contributed by atoms with E-state index in [0.29, 0.717) is 12.0 Å². The topological polar surface area (TPSA) is 35.8 Å². The van der Waals surface area contributed by atoms with E-state index in [1.807, 2.05) is 30.0 Å². The van der Waals surface area contributed by atoms with Crippen molar-refractivity contribution < 1.29 is 0 Å². The zero-order chi connectivity index (χ0) is 13.7. The molecule has 102 valence electrons. The Kier molecular flexibility index (Phi) is 4.90. The van der Waals surface area contributed by atoms with Gasteiger partial charge in [-0.3, -0.25) is 5.32 Å². The van der Waals surface area contributed by atoms with Crippen molar-refractivity contribution in [2.75, 3.05) is 11.5 Å². The first-order valence-corrected chi connectivity index (χ1v) is 8.14. The van der Waals surface area contributed by atoms with Crippen LogP contribution in [-0.2, 0) is 5.54 Å². The van der Waals surface area contributed by atoms with Gasteiger partial charge in [-0.25, -0.2) is 0 Å². The van der Waals surface area contributed by atoms with Crippen molar-refractivity contribution >= 4 is 11.8 Å². The molecular weight excluding hydrogens is 252 g/mol. The second-order valence-corrected chi connectivity index (χ2v) is 6.74. The van der Waals surface area contributed by atoms with Crippen LogP contribution in [0.4, 0.5) is 0 Å². The van der Waals surface area contributed by atoms with Crippen LogP contribution >= 0.6 is 11.8 Å². The highest BCUT2D eigenvalue weighted by atomic mass is 32.2. The van der Waals surface area contributed by atoms with E-state index < -0.39 is 5.54 Å². The van der Waals surface area contributed by atoms with Gasteiger partial charge in [-0.1, -0.05) is 44.2 Å². The van der Waals surface area contributed by atoms with Crippen molar-refractivity contribution in [3.8, 4) is 6.07 Å². The van der Waals surface area contributed by atoms with Gasteiger partial charge in [-0.05, 0) is 30.1 Å². The largest absolute Gasteiger partial charge is 0.292 e. The summed E-state index contributed by atoms with van der Waals surface area (Å²) in [6.07, 6.45) is 2.40. The van der Waals surface area contributed by atoms with Gasteiger partial charge >= 0.3 is 0 Å². The highest BCUT2D eigenvalue weighted by Crippen LogP contribution is 2.31. The summed E-state index contributed by atoms with van der Waals surface area (Å²) in [7, 11) is 0. The van der Waals surface area contributed by atoms with Crippen LogP contribution in [0.5, 0.6) is 0 Å². The van der Waals surface area contributed by atoms with Crippen LogP contribution in [0.15, 0.2) is 30.3 Å². The third-order valence-electron chi connectivity index (χ3n) is 3.26. The van der Waals surface area contributed by atoms with E-state index in [1.165, 1.54) is 12.8 Å². The number of nitrogens with one attached hydrogen (secondary N) is 1. The van der Waals surface area contributed by atoms with Crippen molar-refractivity contribution in [2.24, 2.45) is 5.92 Å². The third-order valence-corrected chi connectivity index (χ3v) is 4.79. The molecular formula is C16H22N2S. The molecule has 3 heteroatoms. The predicted octanol–water partition coefficient (Wildman–Crippen LogP) is 3.55. The maximum absolute atomic E-state index is 9.75. The summed E-state index contributed by atoms with van der Waals surface area (Å²) >= 11 is 1.87. The van der Waals surface area contributed by atoms with Crippen LogP contribution < -0.4 is 5.32 Å². The molecule has 0 saturated heterocycles. The Morgan fingerprint density at radius 2 is 2.05 bits per heavy atom. The number of nitriles is 1. The Hall–Kier alpha value is -0.980. The molecule has 0 heterocycles. The minimum absolute atomic E-state index is 0.526. The van der Waals surface area contributed by atoms with Gasteiger partial charge in [0.15, 0.2) is 0 Å². The van der Waals surface area contributed by atoms with Gasteiger partial charge in [0.05, 0.1) is 6.07 Å². The standard InChI is InChI=1S/C16H22N2S/c1-13(2)10-19-12-16(11-17,18-15-8-9-15)14-6-4-3-5-7-14/h3-7,13,15,18H,8-10,12H2,1-2H3. The van der Waals surface area contributed by atoms with Crippen LogP contribution in [0, 0.1) is 17.2 Å². The zero-order valence-corrected chi connectivity index (χ0v) is 12.5. The number of hydrogen-bond acceptors (Lipinski definition) is 3. The Bertz CT molecular complexity index is 434. The van der Waals surface area contributed by atoms with Gasteiger partial charge in [0.25, 0.3) is 0 Å². The average molecular weight is 274 g/mol.